The van der Waals surface area contributed by atoms with Gasteiger partial charge in [0, 0.05) is 12.6 Å². The second kappa shape index (κ2) is 14.5. The maximum atomic E-state index is 13.8. The number of hydrogen-bond donors (Lipinski definition) is 2. The summed E-state index contributed by atoms with van der Waals surface area (Å²) in [6, 6.07) is 11.2. The molecule has 3 heterocycles. The molecule has 1 aromatic carbocycles. The Hall–Kier alpha value is -3.95. The molecule has 2 aromatic rings. The van der Waals surface area contributed by atoms with Crippen molar-refractivity contribution >= 4 is 32.5 Å². The van der Waals surface area contributed by atoms with Crippen molar-refractivity contribution in [3.05, 3.63) is 53.4 Å². The van der Waals surface area contributed by atoms with Gasteiger partial charge in [-0.3, -0.25) is 15.5 Å². The lowest BCUT2D eigenvalue weighted by molar-refractivity contribution is -0.153. The standard InChI is InChI=1S/C37H56N6O8Si/c1-34(2,3)48-31(44)39-30(40-32(45)49-35(4,5)6)38-21-28(51-52(10,11)36(7,8)9)27-19-25(41-50-27)26-20-37(17-18-37)29-22-42(26)33(46)43(29)47-23-24-15-13-12-14-16-24/h12-16,19,26,28-29H,17-18,20-23H2,1-11H3,(H2,38,39,40,44,45)/t26-,28+,29+/m0/s1. The van der Waals surface area contributed by atoms with Crippen LogP contribution in [0.5, 0.6) is 0 Å². The van der Waals surface area contributed by atoms with E-state index in [-0.39, 0.29) is 41.1 Å². The van der Waals surface area contributed by atoms with Crippen molar-refractivity contribution in [3.63, 3.8) is 0 Å². The normalized spacial score (nSPS) is 20.4. The van der Waals surface area contributed by atoms with Gasteiger partial charge in [0.15, 0.2) is 14.1 Å². The molecule has 3 fully saturated rings. The van der Waals surface area contributed by atoms with E-state index in [1.54, 1.807) is 46.6 Å². The zero-order valence-corrected chi connectivity index (χ0v) is 33.5. The van der Waals surface area contributed by atoms with E-state index >= 15 is 0 Å². The molecule has 3 aliphatic rings. The molecule has 52 heavy (non-hydrogen) atoms. The highest BCUT2D eigenvalue weighted by Gasteiger charge is 2.63. The lowest BCUT2D eigenvalue weighted by Crippen LogP contribution is -2.47. The molecule has 0 unspecified atom stereocenters. The van der Waals surface area contributed by atoms with Crippen LogP contribution in [0.25, 0.3) is 0 Å². The number of benzene rings is 1. The van der Waals surface area contributed by atoms with Gasteiger partial charge in [-0.15, -0.1) is 0 Å². The number of hydroxylamine groups is 2. The van der Waals surface area contributed by atoms with Gasteiger partial charge < -0.3 is 23.3 Å². The van der Waals surface area contributed by atoms with Gasteiger partial charge in [0.25, 0.3) is 0 Å². The molecule has 2 saturated heterocycles. The first-order valence-electron chi connectivity index (χ1n) is 18.0. The van der Waals surface area contributed by atoms with Crippen LogP contribution in [0.2, 0.25) is 18.1 Å². The largest absolute Gasteiger partial charge is 0.444 e. The number of piperidine rings is 1. The Labute approximate surface area is 308 Å². The predicted octanol–water partition coefficient (Wildman–Crippen LogP) is 7.61. The number of aromatic nitrogens is 1. The maximum absolute atomic E-state index is 13.8. The lowest BCUT2D eigenvalue weighted by Gasteiger charge is -2.38. The Morgan fingerprint density at radius 2 is 1.60 bits per heavy atom. The summed E-state index contributed by atoms with van der Waals surface area (Å²) in [5, 5.41) is 11.0. The van der Waals surface area contributed by atoms with E-state index in [0.717, 1.165) is 24.8 Å². The van der Waals surface area contributed by atoms with Crippen LogP contribution in [0.15, 0.2) is 45.9 Å². The predicted molar refractivity (Wildman–Crippen MR) is 197 cm³/mol. The van der Waals surface area contributed by atoms with Crippen molar-refractivity contribution in [2.75, 3.05) is 13.1 Å². The molecule has 1 aliphatic carbocycles. The smallest absolute Gasteiger partial charge is 0.414 e. The van der Waals surface area contributed by atoms with Gasteiger partial charge in [-0.1, -0.05) is 56.3 Å². The summed E-state index contributed by atoms with van der Waals surface area (Å²) in [6.45, 7) is 21.8. The van der Waals surface area contributed by atoms with E-state index in [4.69, 9.17) is 23.3 Å². The Morgan fingerprint density at radius 1 is 1.00 bits per heavy atom. The van der Waals surface area contributed by atoms with Crippen LogP contribution in [-0.4, -0.2) is 77.9 Å². The molecule has 2 aliphatic heterocycles. The van der Waals surface area contributed by atoms with E-state index in [9.17, 15) is 14.4 Å². The van der Waals surface area contributed by atoms with Crippen molar-refractivity contribution in [2.24, 2.45) is 10.4 Å². The fourth-order valence-electron chi connectivity index (χ4n) is 6.17. The summed E-state index contributed by atoms with van der Waals surface area (Å²) in [6.07, 6.45) is 0.435. The lowest BCUT2D eigenvalue weighted by atomic mass is 9.84. The fraction of sp³-hybridized carbons (Fsp3) is 0.649. The van der Waals surface area contributed by atoms with Gasteiger partial charge in [-0.25, -0.2) is 19.4 Å². The van der Waals surface area contributed by atoms with Crippen molar-refractivity contribution in [1.29, 1.82) is 0 Å². The van der Waals surface area contributed by atoms with E-state index < -0.39 is 37.8 Å². The number of nitrogens with zero attached hydrogens (tertiary/aromatic N) is 4. The highest BCUT2D eigenvalue weighted by Crippen LogP contribution is 2.62. The van der Waals surface area contributed by atoms with Crippen LogP contribution in [0.3, 0.4) is 0 Å². The van der Waals surface area contributed by atoms with Gasteiger partial charge >= 0.3 is 18.2 Å². The van der Waals surface area contributed by atoms with Crippen LogP contribution < -0.4 is 10.6 Å². The minimum Gasteiger partial charge on any atom is -0.444 e. The molecule has 15 heteroatoms. The zero-order valence-electron chi connectivity index (χ0n) is 32.5. The Balaban J connectivity index is 1.40. The molecule has 0 radical (unpaired) electrons. The molecule has 4 amide bonds. The minimum absolute atomic E-state index is 0.0243. The summed E-state index contributed by atoms with van der Waals surface area (Å²) < 4.78 is 23.7. The van der Waals surface area contributed by atoms with Gasteiger partial charge in [0.1, 0.15) is 29.6 Å². The third kappa shape index (κ3) is 9.52. The number of fused-ring (bicyclic) bond motifs is 3. The first-order chi connectivity index (χ1) is 24.1. The average molecular weight is 741 g/mol. The Kier molecular flexibility index (Phi) is 10.9. The third-order valence-electron chi connectivity index (χ3n) is 9.98. The highest BCUT2D eigenvalue weighted by atomic mass is 28.4. The first-order valence-corrected chi connectivity index (χ1v) is 20.9. The average Bonchev–Trinajstić information content (AvgIpc) is 3.47. The highest BCUT2D eigenvalue weighted by molar-refractivity contribution is 6.74. The Morgan fingerprint density at radius 3 is 2.13 bits per heavy atom. The maximum Gasteiger partial charge on any atom is 0.414 e. The first kappa shape index (κ1) is 39.3. The molecule has 2 bridgehead atoms. The molecular weight excluding hydrogens is 685 g/mol. The number of carbonyl (C=O) groups is 3. The number of ether oxygens (including phenoxy) is 2. The SMILES string of the molecule is CC(C)(C)OC(=O)NC(=NC[C@@H](O[Si](C)(C)C(C)(C)C)c1cc([C@@H]2CC3(CC3)[C@H]3CN2C(=O)N3OCc2ccccc2)no1)NC(=O)OC(C)(C)C. The number of carbonyl (C=O) groups excluding carboxylic acids is 3. The van der Waals surface area contributed by atoms with Crippen molar-refractivity contribution in [2.45, 2.75) is 136 Å². The van der Waals surface area contributed by atoms with Crippen LogP contribution in [-0.2, 0) is 25.3 Å². The van der Waals surface area contributed by atoms with Gasteiger partial charge in [-0.05, 0) is 89.9 Å². The van der Waals surface area contributed by atoms with Gasteiger partial charge in [0.2, 0.25) is 5.96 Å². The number of alkyl carbamates (subject to hydrolysis) is 2. The number of hydrogen-bond acceptors (Lipinski definition) is 10. The topological polar surface area (TPSA) is 157 Å². The van der Waals surface area contributed by atoms with Crippen molar-refractivity contribution in [1.82, 2.24) is 25.8 Å². The summed E-state index contributed by atoms with van der Waals surface area (Å²) in [5.41, 5.74) is 0.0107. The van der Waals surface area contributed by atoms with E-state index in [1.807, 2.05) is 41.3 Å². The van der Waals surface area contributed by atoms with Crippen molar-refractivity contribution in [3.8, 4) is 0 Å². The summed E-state index contributed by atoms with van der Waals surface area (Å²) in [4.78, 5) is 51.9. The van der Waals surface area contributed by atoms with Crippen LogP contribution in [0, 0.1) is 5.41 Å². The molecule has 1 spiro atoms. The van der Waals surface area contributed by atoms with Crippen LogP contribution in [0.4, 0.5) is 14.4 Å². The quantitative estimate of drug-likeness (QED) is 0.150. The summed E-state index contributed by atoms with van der Waals surface area (Å²) >= 11 is 0. The van der Waals surface area contributed by atoms with E-state index in [0.29, 0.717) is 24.6 Å². The van der Waals surface area contributed by atoms with Gasteiger partial charge in [0.05, 0.1) is 18.6 Å². The number of aliphatic imine (C=N–C) groups is 1. The monoisotopic (exact) mass is 740 g/mol. The summed E-state index contributed by atoms with van der Waals surface area (Å²) in [7, 11) is -2.43. The molecule has 1 saturated carbocycles. The molecular formula is C37H56N6O8Si. The third-order valence-corrected chi connectivity index (χ3v) is 14.5. The molecule has 1 aromatic heterocycles. The van der Waals surface area contributed by atoms with Gasteiger partial charge in [-0.2, -0.15) is 5.06 Å². The number of nitrogens with one attached hydrogen (secondary N) is 2. The van der Waals surface area contributed by atoms with E-state index in [2.05, 4.69) is 54.6 Å². The van der Waals surface area contributed by atoms with Crippen LogP contribution >= 0.6 is 0 Å². The van der Waals surface area contributed by atoms with Crippen molar-refractivity contribution < 1.29 is 37.6 Å². The number of urea groups is 1. The summed E-state index contributed by atoms with van der Waals surface area (Å²) in [5.74, 6) is 0.257. The number of amides is 4. The molecule has 3 atom stereocenters. The zero-order chi connectivity index (χ0) is 38.3. The van der Waals surface area contributed by atoms with E-state index in [1.165, 1.54) is 0 Å². The molecule has 5 rings (SSSR count). The number of guanidine groups is 1. The number of rotatable bonds is 9. The second-order valence-corrected chi connectivity index (χ2v) is 22.3. The fourth-order valence-corrected chi connectivity index (χ4v) is 7.43. The Bertz CT molecular complexity index is 1610. The van der Waals surface area contributed by atoms with Crippen LogP contribution in [0.1, 0.15) is 111 Å². The molecule has 14 nitrogen and oxygen atoms in total. The minimum atomic E-state index is -2.43. The molecule has 286 valence electrons. The molecule has 2 N–H and O–H groups in total. The second-order valence-electron chi connectivity index (χ2n) is 17.6.